The monoisotopic (exact) mass is 371 g/mol. The molecule has 1 aromatic carbocycles. The van der Waals surface area contributed by atoms with Crippen molar-refractivity contribution in [2.45, 2.75) is 38.0 Å². The largest absolute Gasteiger partial charge is 0.449 e. The fraction of sp³-hybridized carbons (Fsp3) is 0.611. The first-order valence-corrected chi connectivity index (χ1v) is 8.98. The number of nitrogens with one attached hydrogen (secondary N) is 2. The van der Waals surface area contributed by atoms with Crippen molar-refractivity contribution in [3.05, 3.63) is 29.3 Å². The van der Waals surface area contributed by atoms with Crippen LogP contribution in [0.2, 0.25) is 0 Å². The number of rotatable bonds is 3. The Morgan fingerprint density at radius 1 is 1.23 bits per heavy atom. The summed E-state index contributed by atoms with van der Waals surface area (Å²) in [5.74, 6) is -1.54. The number of imidazole rings is 1. The number of nitrogens with zero attached hydrogens (tertiary/aromatic N) is 1. The molecule has 0 radical (unpaired) electrons. The zero-order chi connectivity index (χ0) is 18.5. The lowest BCUT2D eigenvalue weighted by molar-refractivity contribution is -0.160. The Morgan fingerprint density at radius 2 is 1.92 bits per heavy atom. The molecule has 1 aromatic heterocycles. The minimum absolute atomic E-state index is 0.0583. The number of piperidine rings is 1. The molecule has 4 nitrogen and oxygen atoms in total. The van der Waals surface area contributed by atoms with Crippen molar-refractivity contribution >= 4 is 11.0 Å². The first kappa shape index (κ1) is 17.7. The van der Waals surface area contributed by atoms with Gasteiger partial charge in [-0.1, -0.05) is 6.42 Å². The third kappa shape index (κ3) is 2.62. The molecule has 2 N–H and O–H groups in total. The van der Waals surface area contributed by atoms with Crippen molar-refractivity contribution in [3.63, 3.8) is 0 Å². The van der Waals surface area contributed by atoms with E-state index in [-0.39, 0.29) is 22.9 Å². The van der Waals surface area contributed by atoms with Gasteiger partial charge in [-0.3, -0.25) is 0 Å². The number of fused-ring (bicyclic) bond motifs is 3. The number of hydrogen-bond acceptors (Lipinski definition) is 3. The molecule has 2 aliphatic rings. The zero-order valence-corrected chi connectivity index (χ0v) is 14.4. The second-order valence-electron chi connectivity index (χ2n) is 7.14. The SMILES string of the molecule is CCOC1(c2cc(F)cc3[nH]c(C(F)(F)F)nc23)C2CCCC1CNC2. The second kappa shape index (κ2) is 6.20. The van der Waals surface area contributed by atoms with Gasteiger partial charge in [0, 0.05) is 37.1 Å². The third-order valence-corrected chi connectivity index (χ3v) is 5.72. The number of halogens is 4. The van der Waals surface area contributed by atoms with Crippen LogP contribution in [0, 0.1) is 17.7 Å². The van der Waals surface area contributed by atoms with E-state index in [1.165, 1.54) is 6.07 Å². The van der Waals surface area contributed by atoms with Gasteiger partial charge >= 0.3 is 6.18 Å². The van der Waals surface area contributed by atoms with Gasteiger partial charge in [0.25, 0.3) is 0 Å². The minimum Gasteiger partial charge on any atom is -0.370 e. The van der Waals surface area contributed by atoms with Crippen molar-refractivity contribution in [3.8, 4) is 0 Å². The molecule has 26 heavy (non-hydrogen) atoms. The fourth-order valence-corrected chi connectivity index (χ4v) is 4.82. The van der Waals surface area contributed by atoms with E-state index >= 15 is 0 Å². The lowest BCUT2D eigenvalue weighted by atomic mass is 9.62. The first-order chi connectivity index (χ1) is 12.4. The summed E-state index contributed by atoms with van der Waals surface area (Å²) in [6.07, 6.45) is -1.80. The van der Waals surface area contributed by atoms with E-state index in [0.29, 0.717) is 25.3 Å². The molecule has 2 heterocycles. The van der Waals surface area contributed by atoms with Crippen LogP contribution >= 0.6 is 0 Å². The Kier molecular flexibility index (Phi) is 4.23. The molecule has 4 rings (SSSR count). The molecule has 2 unspecified atom stereocenters. The summed E-state index contributed by atoms with van der Waals surface area (Å²) >= 11 is 0. The van der Waals surface area contributed by atoms with Gasteiger partial charge in [-0.05, 0) is 31.9 Å². The predicted octanol–water partition coefficient (Wildman–Crippen LogP) is 3.97. The quantitative estimate of drug-likeness (QED) is 0.803. The van der Waals surface area contributed by atoms with Crippen molar-refractivity contribution < 1.29 is 22.3 Å². The molecule has 2 bridgehead atoms. The Hall–Kier alpha value is -1.67. The lowest BCUT2D eigenvalue weighted by Gasteiger charge is -2.53. The van der Waals surface area contributed by atoms with E-state index in [4.69, 9.17) is 4.74 Å². The van der Waals surface area contributed by atoms with Gasteiger partial charge in [-0.15, -0.1) is 0 Å². The maximum absolute atomic E-state index is 14.3. The average molecular weight is 371 g/mol. The summed E-state index contributed by atoms with van der Waals surface area (Å²) in [5, 5.41) is 3.38. The fourth-order valence-electron chi connectivity index (χ4n) is 4.82. The van der Waals surface area contributed by atoms with Crippen molar-refractivity contribution in [1.29, 1.82) is 0 Å². The van der Waals surface area contributed by atoms with Crippen LogP contribution in [0.25, 0.3) is 11.0 Å². The van der Waals surface area contributed by atoms with Gasteiger partial charge in [0.15, 0.2) is 0 Å². The molecule has 2 fully saturated rings. The highest BCUT2D eigenvalue weighted by Crippen LogP contribution is 2.51. The zero-order valence-electron chi connectivity index (χ0n) is 14.4. The number of hydrogen-bond donors (Lipinski definition) is 2. The van der Waals surface area contributed by atoms with Gasteiger partial charge in [-0.25, -0.2) is 9.37 Å². The summed E-state index contributed by atoms with van der Waals surface area (Å²) in [6, 6.07) is 2.38. The van der Waals surface area contributed by atoms with E-state index in [1.54, 1.807) is 0 Å². The number of aromatic amines is 1. The Balaban J connectivity index is 1.97. The number of aromatic nitrogens is 2. The number of alkyl halides is 3. The van der Waals surface area contributed by atoms with Crippen LogP contribution < -0.4 is 5.32 Å². The maximum atomic E-state index is 14.3. The molecule has 1 saturated heterocycles. The molecule has 0 spiro atoms. The second-order valence-corrected chi connectivity index (χ2v) is 7.14. The highest BCUT2D eigenvalue weighted by atomic mass is 19.4. The van der Waals surface area contributed by atoms with Crippen LogP contribution in [-0.2, 0) is 16.5 Å². The molecule has 8 heteroatoms. The van der Waals surface area contributed by atoms with Gasteiger partial charge < -0.3 is 15.0 Å². The van der Waals surface area contributed by atoms with Crippen LogP contribution in [0.1, 0.15) is 37.6 Å². The van der Waals surface area contributed by atoms with Crippen LogP contribution in [0.3, 0.4) is 0 Å². The third-order valence-electron chi connectivity index (χ3n) is 5.72. The topological polar surface area (TPSA) is 49.9 Å². The van der Waals surface area contributed by atoms with Gasteiger partial charge in [0.05, 0.1) is 11.0 Å². The van der Waals surface area contributed by atoms with Crippen molar-refractivity contribution in [2.75, 3.05) is 19.7 Å². The molecule has 1 aliphatic heterocycles. The maximum Gasteiger partial charge on any atom is 0.449 e. The summed E-state index contributed by atoms with van der Waals surface area (Å²) in [4.78, 5) is 6.04. The van der Waals surface area contributed by atoms with Crippen LogP contribution in [0.5, 0.6) is 0 Å². The smallest absolute Gasteiger partial charge is 0.370 e. The summed E-state index contributed by atoms with van der Waals surface area (Å²) in [6.45, 7) is 3.67. The van der Waals surface area contributed by atoms with Crippen molar-refractivity contribution in [1.82, 2.24) is 15.3 Å². The van der Waals surface area contributed by atoms with E-state index in [1.807, 2.05) is 6.92 Å². The highest BCUT2D eigenvalue weighted by molar-refractivity contribution is 5.80. The Morgan fingerprint density at radius 3 is 2.54 bits per heavy atom. The minimum atomic E-state index is -4.62. The van der Waals surface area contributed by atoms with Crippen LogP contribution in [-0.4, -0.2) is 29.7 Å². The Labute approximate surface area is 148 Å². The van der Waals surface area contributed by atoms with E-state index in [9.17, 15) is 17.6 Å². The van der Waals surface area contributed by atoms with E-state index in [0.717, 1.165) is 25.3 Å². The molecule has 0 amide bonds. The predicted molar refractivity (Wildman–Crippen MR) is 88.1 cm³/mol. The standard InChI is InChI=1S/C18H21F4N3O/c1-2-26-17(10-4-3-5-11(17)9-23-8-10)13-6-12(19)7-14-15(13)25-16(24-14)18(20,21)22/h6-7,10-11,23H,2-5,8-9H2,1H3,(H,24,25). The van der Waals surface area contributed by atoms with E-state index < -0.39 is 23.4 Å². The number of H-pyrrole nitrogens is 1. The lowest BCUT2D eigenvalue weighted by Crippen LogP contribution is -2.58. The summed E-state index contributed by atoms with van der Waals surface area (Å²) in [5.41, 5.74) is -0.150. The van der Waals surface area contributed by atoms with Crippen molar-refractivity contribution in [2.24, 2.45) is 11.8 Å². The molecule has 2 aromatic rings. The molecule has 1 aliphatic carbocycles. The highest BCUT2D eigenvalue weighted by Gasteiger charge is 2.53. The summed E-state index contributed by atoms with van der Waals surface area (Å²) in [7, 11) is 0. The molecule has 2 atom stereocenters. The molecular weight excluding hydrogens is 350 g/mol. The molecule has 1 saturated carbocycles. The van der Waals surface area contributed by atoms with Crippen LogP contribution in [0.4, 0.5) is 17.6 Å². The molecule has 142 valence electrons. The number of ether oxygens (including phenoxy) is 1. The van der Waals surface area contributed by atoms with Gasteiger partial charge in [-0.2, -0.15) is 13.2 Å². The van der Waals surface area contributed by atoms with Gasteiger partial charge in [0.1, 0.15) is 11.4 Å². The first-order valence-electron chi connectivity index (χ1n) is 8.98. The number of benzene rings is 1. The Bertz CT molecular complexity index is 795. The van der Waals surface area contributed by atoms with E-state index in [2.05, 4.69) is 15.3 Å². The summed E-state index contributed by atoms with van der Waals surface area (Å²) < 4.78 is 60.0. The average Bonchev–Trinajstić information content (AvgIpc) is 2.98. The normalized spacial score (nSPS) is 29.3. The van der Waals surface area contributed by atoms with Gasteiger partial charge in [0.2, 0.25) is 5.82 Å². The van der Waals surface area contributed by atoms with Crippen LogP contribution in [0.15, 0.2) is 12.1 Å². The molecular formula is C18H21F4N3O.